The SMILES string of the molecule is C=C/C(=C\C=C(C)C)N1CCNCC1. The van der Waals surface area contributed by atoms with Gasteiger partial charge in [-0.3, -0.25) is 0 Å². The molecule has 0 atom stereocenters. The summed E-state index contributed by atoms with van der Waals surface area (Å²) in [7, 11) is 0. The highest BCUT2D eigenvalue weighted by atomic mass is 15.2. The fourth-order valence-electron chi connectivity index (χ4n) is 1.48. The van der Waals surface area contributed by atoms with Gasteiger partial charge in [-0.25, -0.2) is 0 Å². The highest BCUT2D eigenvalue weighted by Gasteiger charge is 2.09. The van der Waals surface area contributed by atoms with Gasteiger partial charge < -0.3 is 10.2 Å². The lowest BCUT2D eigenvalue weighted by atomic mass is 10.2. The standard InChI is InChI=1S/C12H20N2/c1-4-12(6-5-11(2)3)14-9-7-13-8-10-14/h4-6,13H,1,7-10H2,2-3H3/b12-6+. The molecule has 0 aliphatic carbocycles. The van der Waals surface area contributed by atoms with E-state index in [4.69, 9.17) is 0 Å². The molecule has 0 unspecified atom stereocenters. The number of nitrogens with one attached hydrogen (secondary N) is 1. The summed E-state index contributed by atoms with van der Waals surface area (Å²) in [5.41, 5.74) is 2.55. The molecule has 1 heterocycles. The van der Waals surface area contributed by atoms with Crippen LogP contribution < -0.4 is 5.32 Å². The smallest absolute Gasteiger partial charge is 0.0361 e. The first-order valence-corrected chi connectivity index (χ1v) is 5.17. The van der Waals surface area contributed by atoms with Crippen molar-refractivity contribution >= 4 is 0 Å². The Morgan fingerprint density at radius 2 is 1.86 bits per heavy atom. The topological polar surface area (TPSA) is 15.3 Å². The first-order chi connectivity index (χ1) is 6.74. The van der Waals surface area contributed by atoms with Crippen molar-refractivity contribution < 1.29 is 0 Å². The molecule has 1 rings (SSSR count). The summed E-state index contributed by atoms with van der Waals surface area (Å²) in [5, 5.41) is 3.34. The molecular formula is C12H20N2. The van der Waals surface area contributed by atoms with E-state index in [0.717, 1.165) is 26.2 Å². The number of allylic oxidation sites excluding steroid dienone is 4. The Morgan fingerprint density at radius 3 is 2.36 bits per heavy atom. The van der Waals surface area contributed by atoms with Crippen LogP contribution in [0.25, 0.3) is 0 Å². The number of rotatable bonds is 3. The summed E-state index contributed by atoms with van der Waals surface area (Å²) in [4.78, 5) is 2.36. The molecule has 14 heavy (non-hydrogen) atoms. The first-order valence-electron chi connectivity index (χ1n) is 5.17. The minimum Gasteiger partial charge on any atom is -0.369 e. The predicted octanol–water partition coefficient (Wildman–Crippen LogP) is 1.93. The van der Waals surface area contributed by atoms with Crippen LogP contribution in [-0.4, -0.2) is 31.1 Å². The zero-order chi connectivity index (χ0) is 10.4. The van der Waals surface area contributed by atoms with E-state index in [9.17, 15) is 0 Å². The van der Waals surface area contributed by atoms with Gasteiger partial charge in [0.05, 0.1) is 0 Å². The third kappa shape index (κ3) is 3.38. The fraction of sp³-hybridized carbons (Fsp3) is 0.500. The third-order valence-electron chi connectivity index (χ3n) is 2.28. The number of hydrogen-bond donors (Lipinski definition) is 1. The zero-order valence-electron chi connectivity index (χ0n) is 9.21. The summed E-state index contributed by atoms with van der Waals surface area (Å²) in [6, 6.07) is 0. The van der Waals surface area contributed by atoms with Gasteiger partial charge in [-0.2, -0.15) is 0 Å². The molecular weight excluding hydrogens is 172 g/mol. The summed E-state index contributed by atoms with van der Waals surface area (Å²) in [6.07, 6.45) is 6.22. The van der Waals surface area contributed by atoms with Crippen molar-refractivity contribution in [2.45, 2.75) is 13.8 Å². The second-order valence-electron chi connectivity index (χ2n) is 3.78. The van der Waals surface area contributed by atoms with Crippen molar-refractivity contribution in [2.75, 3.05) is 26.2 Å². The van der Waals surface area contributed by atoms with Crippen molar-refractivity contribution in [2.24, 2.45) is 0 Å². The maximum absolute atomic E-state index is 3.85. The molecule has 0 amide bonds. The molecule has 1 aliphatic rings. The molecule has 0 radical (unpaired) electrons. The lowest BCUT2D eigenvalue weighted by Crippen LogP contribution is -2.42. The molecule has 0 aromatic heterocycles. The Balaban J connectivity index is 2.64. The van der Waals surface area contributed by atoms with Crippen LogP contribution in [0.1, 0.15) is 13.8 Å². The highest BCUT2D eigenvalue weighted by Crippen LogP contribution is 2.07. The molecule has 1 aliphatic heterocycles. The molecule has 1 saturated heterocycles. The molecule has 0 aromatic rings. The lowest BCUT2D eigenvalue weighted by Gasteiger charge is -2.30. The van der Waals surface area contributed by atoms with Gasteiger partial charge in [0.15, 0.2) is 0 Å². The largest absolute Gasteiger partial charge is 0.369 e. The van der Waals surface area contributed by atoms with E-state index < -0.39 is 0 Å². The fourth-order valence-corrected chi connectivity index (χ4v) is 1.48. The average Bonchev–Trinajstić information content (AvgIpc) is 2.20. The number of hydrogen-bond acceptors (Lipinski definition) is 2. The van der Waals surface area contributed by atoms with Crippen molar-refractivity contribution in [3.63, 3.8) is 0 Å². The Hall–Kier alpha value is -1.02. The van der Waals surface area contributed by atoms with Crippen LogP contribution in [-0.2, 0) is 0 Å². The van der Waals surface area contributed by atoms with E-state index in [-0.39, 0.29) is 0 Å². The van der Waals surface area contributed by atoms with Crippen LogP contribution in [0.2, 0.25) is 0 Å². The third-order valence-corrected chi connectivity index (χ3v) is 2.28. The monoisotopic (exact) mass is 192 g/mol. The summed E-state index contributed by atoms with van der Waals surface area (Å²) in [5.74, 6) is 0. The normalized spacial score (nSPS) is 17.9. The van der Waals surface area contributed by atoms with Crippen LogP contribution in [0.3, 0.4) is 0 Å². The Kier molecular flexibility index (Phi) is 4.47. The molecule has 2 heteroatoms. The minimum absolute atomic E-state index is 1.07. The molecule has 0 bridgehead atoms. The van der Waals surface area contributed by atoms with E-state index in [1.807, 2.05) is 6.08 Å². The van der Waals surface area contributed by atoms with Gasteiger partial charge >= 0.3 is 0 Å². The van der Waals surface area contributed by atoms with Crippen LogP contribution in [0.5, 0.6) is 0 Å². The zero-order valence-corrected chi connectivity index (χ0v) is 9.21. The van der Waals surface area contributed by atoms with Gasteiger partial charge in [-0.05, 0) is 26.0 Å². The van der Waals surface area contributed by atoms with Crippen LogP contribution in [0.15, 0.2) is 36.1 Å². The first kappa shape index (κ1) is 11.1. The Morgan fingerprint density at radius 1 is 1.21 bits per heavy atom. The molecule has 2 nitrogen and oxygen atoms in total. The van der Waals surface area contributed by atoms with E-state index in [1.165, 1.54) is 11.3 Å². The Labute approximate surface area is 87.0 Å². The van der Waals surface area contributed by atoms with Crippen LogP contribution in [0.4, 0.5) is 0 Å². The van der Waals surface area contributed by atoms with Crippen LogP contribution in [0, 0.1) is 0 Å². The number of piperazine rings is 1. The predicted molar refractivity (Wildman–Crippen MR) is 62.2 cm³/mol. The van der Waals surface area contributed by atoms with Gasteiger partial charge in [0.2, 0.25) is 0 Å². The molecule has 78 valence electrons. The highest BCUT2D eigenvalue weighted by molar-refractivity contribution is 5.23. The minimum atomic E-state index is 1.07. The quantitative estimate of drug-likeness (QED) is 0.687. The van der Waals surface area contributed by atoms with Crippen molar-refractivity contribution in [1.29, 1.82) is 0 Å². The van der Waals surface area contributed by atoms with Gasteiger partial charge in [0, 0.05) is 31.9 Å². The molecule has 1 fully saturated rings. The molecule has 0 saturated carbocycles. The second-order valence-corrected chi connectivity index (χ2v) is 3.78. The molecule has 1 N–H and O–H groups in total. The van der Waals surface area contributed by atoms with Crippen LogP contribution >= 0.6 is 0 Å². The van der Waals surface area contributed by atoms with Crippen molar-refractivity contribution in [3.8, 4) is 0 Å². The van der Waals surface area contributed by atoms with E-state index in [1.54, 1.807) is 0 Å². The van der Waals surface area contributed by atoms with E-state index in [0.29, 0.717) is 0 Å². The maximum atomic E-state index is 3.85. The molecule has 0 aromatic carbocycles. The van der Waals surface area contributed by atoms with Gasteiger partial charge in [0.1, 0.15) is 0 Å². The molecule has 0 spiro atoms. The van der Waals surface area contributed by atoms with Gasteiger partial charge in [-0.1, -0.05) is 18.2 Å². The van der Waals surface area contributed by atoms with Crippen molar-refractivity contribution in [3.05, 3.63) is 36.1 Å². The van der Waals surface area contributed by atoms with Gasteiger partial charge in [0.25, 0.3) is 0 Å². The number of nitrogens with zero attached hydrogens (tertiary/aromatic N) is 1. The van der Waals surface area contributed by atoms with E-state index in [2.05, 4.69) is 42.8 Å². The van der Waals surface area contributed by atoms with E-state index >= 15 is 0 Å². The summed E-state index contributed by atoms with van der Waals surface area (Å²) in [6.45, 7) is 12.4. The maximum Gasteiger partial charge on any atom is 0.0361 e. The average molecular weight is 192 g/mol. The van der Waals surface area contributed by atoms with Gasteiger partial charge in [-0.15, -0.1) is 0 Å². The van der Waals surface area contributed by atoms with Crippen molar-refractivity contribution in [1.82, 2.24) is 10.2 Å². The summed E-state index contributed by atoms with van der Waals surface area (Å²) < 4.78 is 0. The Bertz CT molecular complexity index is 241. The lowest BCUT2D eigenvalue weighted by molar-refractivity contribution is 0.307. The second kappa shape index (κ2) is 5.66. The summed E-state index contributed by atoms with van der Waals surface area (Å²) >= 11 is 0.